The van der Waals surface area contributed by atoms with Crippen LogP contribution in [-0.2, 0) is 14.3 Å². The van der Waals surface area contributed by atoms with Gasteiger partial charge in [-0.3, -0.25) is 9.59 Å². The van der Waals surface area contributed by atoms with Crippen molar-refractivity contribution in [2.75, 3.05) is 6.61 Å². The molecule has 1 aromatic carbocycles. The Morgan fingerprint density at radius 3 is 2.63 bits per heavy atom. The second-order valence-corrected chi connectivity index (χ2v) is 6.54. The Morgan fingerprint density at radius 1 is 1.22 bits per heavy atom. The number of ether oxygens (including phenoxy) is 1. The number of carbonyl (C=O) groups is 3. The van der Waals surface area contributed by atoms with Crippen LogP contribution >= 0.6 is 11.8 Å². The summed E-state index contributed by atoms with van der Waals surface area (Å²) >= 11 is 1.08. The van der Waals surface area contributed by atoms with Gasteiger partial charge < -0.3 is 14.5 Å². The molecule has 0 saturated carbocycles. The maximum absolute atomic E-state index is 11.9. The SMILES string of the molecule is CCOC(=O)c1ccc(-c2ccc(C=C3SC(NC(C)=O)=NC3=O)o2)cc1. The van der Waals surface area contributed by atoms with E-state index in [1.165, 1.54) is 6.92 Å². The van der Waals surface area contributed by atoms with Crippen LogP contribution in [0.1, 0.15) is 30.0 Å². The van der Waals surface area contributed by atoms with Gasteiger partial charge in [-0.25, -0.2) is 4.79 Å². The van der Waals surface area contributed by atoms with E-state index >= 15 is 0 Å². The van der Waals surface area contributed by atoms with Crippen molar-refractivity contribution in [1.29, 1.82) is 0 Å². The van der Waals surface area contributed by atoms with Gasteiger partial charge in [0.2, 0.25) is 5.91 Å². The molecule has 1 aliphatic rings. The standard InChI is InChI=1S/C19H16N2O5S/c1-3-25-18(24)13-6-4-12(5-7-13)15-9-8-14(26-15)10-16-17(23)21-19(27-16)20-11(2)22/h4-10H,3H2,1-2H3,(H,20,21,22,23). The monoisotopic (exact) mass is 384 g/mol. The van der Waals surface area contributed by atoms with Crippen molar-refractivity contribution in [3.05, 3.63) is 52.6 Å². The van der Waals surface area contributed by atoms with Gasteiger partial charge in [0.05, 0.1) is 17.1 Å². The van der Waals surface area contributed by atoms with Crippen molar-refractivity contribution < 1.29 is 23.5 Å². The summed E-state index contributed by atoms with van der Waals surface area (Å²) in [6.45, 7) is 3.42. The maximum Gasteiger partial charge on any atom is 0.338 e. The molecule has 2 aromatic rings. The lowest BCUT2D eigenvalue weighted by Crippen LogP contribution is -2.23. The van der Waals surface area contributed by atoms with Gasteiger partial charge >= 0.3 is 5.97 Å². The van der Waals surface area contributed by atoms with Crippen molar-refractivity contribution in [3.8, 4) is 11.3 Å². The smallest absolute Gasteiger partial charge is 0.338 e. The summed E-state index contributed by atoms with van der Waals surface area (Å²) in [7, 11) is 0. The molecule has 8 heteroatoms. The first-order valence-electron chi connectivity index (χ1n) is 8.14. The highest BCUT2D eigenvalue weighted by atomic mass is 32.2. The number of thioether (sulfide) groups is 1. The van der Waals surface area contributed by atoms with E-state index in [1.807, 2.05) is 0 Å². The number of esters is 1. The molecule has 2 heterocycles. The van der Waals surface area contributed by atoms with Crippen LogP contribution in [0.25, 0.3) is 17.4 Å². The zero-order valence-electron chi connectivity index (χ0n) is 14.6. The van der Waals surface area contributed by atoms with Crippen LogP contribution in [-0.4, -0.2) is 29.6 Å². The van der Waals surface area contributed by atoms with Gasteiger partial charge in [-0.15, -0.1) is 0 Å². The molecule has 0 unspecified atom stereocenters. The molecule has 1 aliphatic heterocycles. The van der Waals surface area contributed by atoms with Crippen molar-refractivity contribution in [1.82, 2.24) is 5.32 Å². The van der Waals surface area contributed by atoms with Gasteiger partial charge in [-0.2, -0.15) is 4.99 Å². The molecule has 0 saturated heterocycles. The molecule has 138 valence electrons. The number of carbonyl (C=O) groups excluding carboxylic acids is 3. The molecule has 3 rings (SSSR count). The number of rotatable bonds is 4. The quantitative estimate of drug-likeness (QED) is 0.642. The Labute approximate surface area is 159 Å². The van der Waals surface area contributed by atoms with E-state index in [0.29, 0.717) is 28.6 Å². The molecule has 1 aromatic heterocycles. The molecule has 0 aliphatic carbocycles. The number of nitrogens with one attached hydrogen (secondary N) is 1. The van der Waals surface area contributed by atoms with E-state index in [0.717, 1.165) is 17.3 Å². The minimum absolute atomic E-state index is 0.250. The second-order valence-electron chi connectivity index (χ2n) is 5.51. The van der Waals surface area contributed by atoms with Gasteiger partial charge in [0.1, 0.15) is 11.5 Å². The second kappa shape index (κ2) is 8.05. The average Bonchev–Trinajstić information content (AvgIpc) is 3.22. The van der Waals surface area contributed by atoms with Crippen LogP contribution in [0, 0.1) is 0 Å². The summed E-state index contributed by atoms with van der Waals surface area (Å²) in [5, 5.41) is 2.74. The Kier molecular flexibility index (Phi) is 5.56. The van der Waals surface area contributed by atoms with Crippen LogP contribution < -0.4 is 5.32 Å². The van der Waals surface area contributed by atoms with E-state index in [9.17, 15) is 14.4 Å². The summed E-state index contributed by atoms with van der Waals surface area (Å²) in [4.78, 5) is 38.8. The molecular weight excluding hydrogens is 368 g/mol. The van der Waals surface area contributed by atoms with Gasteiger partial charge in [0.25, 0.3) is 5.91 Å². The van der Waals surface area contributed by atoms with E-state index < -0.39 is 5.91 Å². The molecular formula is C19H16N2O5S. The third kappa shape index (κ3) is 4.53. The molecule has 0 bridgehead atoms. The van der Waals surface area contributed by atoms with Crippen molar-refractivity contribution in [2.24, 2.45) is 4.99 Å². The van der Waals surface area contributed by atoms with Crippen LogP contribution in [0.5, 0.6) is 0 Å². The predicted octanol–water partition coefficient (Wildman–Crippen LogP) is 3.23. The highest BCUT2D eigenvalue weighted by molar-refractivity contribution is 8.18. The van der Waals surface area contributed by atoms with Crippen LogP contribution in [0.2, 0.25) is 0 Å². The first-order valence-corrected chi connectivity index (χ1v) is 8.95. The largest absolute Gasteiger partial charge is 0.462 e. The lowest BCUT2D eigenvalue weighted by Gasteiger charge is -2.02. The van der Waals surface area contributed by atoms with Crippen LogP contribution in [0.15, 0.2) is 50.7 Å². The zero-order valence-corrected chi connectivity index (χ0v) is 15.5. The van der Waals surface area contributed by atoms with E-state index in [4.69, 9.17) is 9.15 Å². The lowest BCUT2D eigenvalue weighted by molar-refractivity contribution is -0.117. The maximum atomic E-state index is 11.9. The lowest BCUT2D eigenvalue weighted by atomic mass is 10.1. The van der Waals surface area contributed by atoms with Crippen LogP contribution in [0.4, 0.5) is 0 Å². The predicted molar refractivity (Wildman–Crippen MR) is 102 cm³/mol. The molecule has 0 spiro atoms. The first kappa shape index (κ1) is 18.7. The van der Waals surface area contributed by atoms with Crippen molar-refractivity contribution >= 4 is 40.8 Å². The Balaban J connectivity index is 1.73. The molecule has 0 fully saturated rings. The Morgan fingerprint density at radius 2 is 1.96 bits per heavy atom. The fourth-order valence-corrected chi connectivity index (χ4v) is 3.15. The van der Waals surface area contributed by atoms with E-state index in [-0.39, 0.29) is 17.0 Å². The van der Waals surface area contributed by atoms with E-state index in [1.54, 1.807) is 49.4 Å². The van der Waals surface area contributed by atoms with Gasteiger partial charge in [-0.05, 0) is 43.0 Å². The topological polar surface area (TPSA) is 98.0 Å². The van der Waals surface area contributed by atoms with Gasteiger partial charge in [0.15, 0.2) is 5.17 Å². The summed E-state index contributed by atoms with van der Waals surface area (Å²) < 4.78 is 10.7. The average molecular weight is 384 g/mol. The molecule has 1 N–H and O–H groups in total. The fourth-order valence-electron chi connectivity index (χ4n) is 2.31. The third-order valence-corrected chi connectivity index (χ3v) is 4.38. The first-order chi connectivity index (χ1) is 13.0. The van der Waals surface area contributed by atoms with Gasteiger partial charge in [0, 0.05) is 18.6 Å². The highest BCUT2D eigenvalue weighted by Gasteiger charge is 2.23. The molecule has 2 amide bonds. The van der Waals surface area contributed by atoms with Crippen molar-refractivity contribution in [3.63, 3.8) is 0 Å². The summed E-state index contributed by atoms with van der Waals surface area (Å²) in [6.07, 6.45) is 1.57. The number of hydrogen-bond acceptors (Lipinski definition) is 6. The fraction of sp³-hybridized carbons (Fsp3) is 0.158. The van der Waals surface area contributed by atoms with E-state index in [2.05, 4.69) is 10.3 Å². The summed E-state index contributed by atoms with van der Waals surface area (Å²) in [6, 6.07) is 10.3. The summed E-state index contributed by atoms with van der Waals surface area (Å²) in [5.74, 6) is -0.0201. The van der Waals surface area contributed by atoms with Gasteiger partial charge in [-0.1, -0.05) is 12.1 Å². The number of hydrogen-bond donors (Lipinski definition) is 1. The Bertz CT molecular complexity index is 957. The number of benzene rings is 1. The van der Waals surface area contributed by atoms with Crippen molar-refractivity contribution in [2.45, 2.75) is 13.8 Å². The molecule has 0 radical (unpaired) electrons. The summed E-state index contributed by atoms with van der Waals surface area (Å²) in [5.41, 5.74) is 1.25. The Hall–Kier alpha value is -3.13. The molecule has 7 nitrogen and oxygen atoms in total. The normalized spacial score (nSPS) is 15.0. The zero-order chi connectivity index (χ0) is 19.4. The minimum atomic E-state index is -0.430. The van der Waals surface area contributed by atoms with Crippen LogP contribution in [0.3, 0.4) is 0 Å². The highest BCUT2D eigenvalue weighted by Crippen LogP contribution is 2.29. The molecule has 0 atom stereocenters. The number of furan rings is 1. The minimum Gasteiger partial charge on any atom is -0.462 e. The number of aliphatic imine (C=N–C) groups is 1. The molecule has 27 heavy (non-hydrogen) atoms. The number of amides is 2. The number of nitrogens with zero attached hydrogens (tertiary/aromatic N) is 1. The third-order valence-electron chi connectivity index (χ3n) is 3.48. The number of amidine groups is 1.